The molecule has 110 valence electrons. The van der Waals surface area contributed by atoms with E-state index < -0.39 is 0 Å². The van der Waals surface area contributed by atoms with E-state index in [0.717, 1.165) is 5.52 Å². The second kappa shape index (κ2) is 4.84. The van der Waals surface area contributed by atoms with Crippen LogP contribution in [0.25, 0.3) is 5.52 Å². The molecule has 0 saturated carbocycles. The molecule has 5 rings (SSSR count). The molecular formula is C16H20N4O. The SMILES string of the molecule is CC1C(NC(=O)c2cc3cccn3cn2)C2CCN1CC2. The van der Waals surface area contributed by atoms with Crippen LogP contribution in [0.3, 0.4) is 0 Å². The van der Waals surface area contributed by atoms with Crippen LogP contribution in [0.2, 0.25) is 0 Å². The van der Waals surface area contributed by atoms with Gasteiger partial charge in [-0.05, 0) is 57.0 Å². The predicted octanol–water partition coefficient (Wildman–Crippen LogP) is 1.55. The number of aromatic nitrogens is 2. The zero-order chi connectivity index (χ0) is 14.4. The first-order valence-electron chi connectivity index (χ1n) is 7.70. The highest BCUT2D eigenvalue weighted by molar-refractivity contribution is 5.93. The third kappa shape index (κ3) is 2.12. The molecule has 1 N–H and O–H groups in total. The summed E-state index contributed by atoms with van der Waals surface area (Å²) < 4.78 is 1.91. The van der Waals surface area contributed by atoms with E-state index in [1.165, 1.54) is 25.9 Å². The largest absolute Gasteiger partial charge is 0.346 e. The molecule has 2 atom stereocenters. The zero-order valence-electron chi connectivity index (χ0n) is 12.2. The lowest BCUT2D eigenvalue weighted by Crippen LogP contribution is -2.62. The van der Waals surface area contributed by atoms with Gasteiger partial charge >= 0.3 is 0 Å². The van der Waals surface area contributed by atoms with Gasteiger partial charge in [-0.3, -0.25) is 9.69 Å². The molecule has 2 aromatic rings. The van der Waals surface area contributed by atoms with Gasteiger partial charge in [0.25, 0.3) is 5.91 Å². The molecule has 21 heavy (non-hydrogen) atoms. The molecule has 0 spiro atoms. The fourth-order valence-corrected chi connectivity index (χ4v) is 3.83. The first-order chi connectivity index (χ1) is 10.2. The van der Waals surface area contributed by atoms with E-state index in [2.05, 4.69) is 22.1 Å². The Kier molecular flexibility index (Phi) is 2.96. The minimum absolute atomic E-state index is 0.0516. The molecule has 2 aromatic heterocycles. The molecule has 3 saturated heterocycles. The van der Waals surface area contributed by atoms with Crippen LogP contribution in [0.1, 0.15) is 30.3 Å². The van der Waals surface area contributed by atoms with Crippen molar-refractivity contribution in [2.75, 3.05) is 13.1 Å². The Bertz CT molecular complexity index is 670. The second-order valence-electron chi connectivity index (χ2n) is 6.23. The van der Waals surface area contributed by atoms with Gasteiger partial charge in [0.2, 0.25) is 0 Å². The lowest BCUT2D eigenvalue weighted by molar-refractivity contribution is 0.0216. The number of hydrogen-bond acceptors (Lipinski definition) is 3. The fraction of sp³-hybridized carbons (Fsp3) is 0.500. The van der Waals surface area contributed by atoms with Gasteiger partial charge in [0.15, 0.2) is 0 Å². The van der Waals surface area contributed by atoms with Gasteiger partial charge in [-0.1, -0.05) is 0 Å². The van der Waals surface area contributed by atoms with Gasteiger partial charge in [-0.15, -0.1) is 0 Å². The highest BCUT2D eigenvalue weighted by Crippen LogP contribution is 2.32. The van der Waals surface area contributed by atoms with Crippen molar-refractivity contribution in [1.29, 1.82) is 0 Å². The Balaban J connectivity index is 1.54. The Labute approximate surface area is 124 Å². The number of carbonyl (C=O) groups is 1. The average molecular weight is 284 g/mol. The molecule has 5 nitrogen and oxygen atoms in total. The zero-order valence-corrected chi connectivity index (χ0v) is 12.2. The van der Waals surface area contributed by atoms with Crippen LogP contribution < -0.4 is 5.32 Å². The maximum absolute atomic E-state index is 12.5. The van der Waals surface area contributed by atoms with E-state index in [0.29, 0.717) is 17.7 Å². The molecule has 2 unspecified atom stereocenters. The standard InChI is InChI=1S/C16H20N4O/c1-11-15(12-4-7-19(11)8-5-12)18-16(21)14-9-13-3-2-6-20(13)10-17-14/h2-3,6,9-12,15H,4-5,7-8H2,1H3,(H,18,21). The summed E-state index contributed by atoms with van der Waals surface area (Å²) in [7, 11) is 0. The summed E-state index contributed by atoms with van der Waals surface area (Å²) in [6.07, 6.45) is 6.02. The van der Waals surface area contributed by atoms with Crippen molar-refractivity contribution in [2.45, 2.75) is 31.8 Å². The van der Waals surface area contributed by atoms with Crippen molar-refractivity contribution >= 4 is 11.4 Å². The van der Waals surface area contributed by atoms with Crippen LogP contribution in [0.5, 0.6) is 0 Å². The second-order valence-corrected chi connectivity index (χ2v) is 6.23. The summed E-state index contributed by atoms with van der Waals surface area (Å²) in [5.74, 6) is 0.565. The maximum atomic E-state index is 12.5. The van der Waals surface area contributed by atoms with Crippen molar-refractivity contribution in [3.05, 3.63) is 36.4 Å². The Hall–Kier alpha value is -1.88. The topological polar surface area (TPSA) is 49.6 Å². The van der Waals surface area contributed by atoms with Crippen LogP contribution in [-0.4, -0.2) is 45.4 Å². The van der Waals surface area contributed by atoms with Crippen LogP contribution in [0, 0.1) is 5.92 Å². The van der Waals surface area contributed by atoms with Crippen LogP contribution in [0.4, 0.5) is 0 Å². The Morgan fingerprint density at radius 1 is 1.38 bits per heavy atom. The molecule has 0 aliphatic carbocycles. The summed E-state index contributed by atoms with van der Waals surface area (Å²) in [6, 6.07) is 6.47. The van der Waals surface area contributed by atoms with E-state index >= 15 is 0 Å². The summed E-state index contributed by atoms with van der Waals surface area (Å²) >= 11 is 0. The summed E-state index contributed by atoms with van der Waals surface area (Å²) in [6.45, 7) is 4.57. The van der Waals surface area contributed by atoms with Crippen LogP contribution >= 0.6 is 0 Å². The minimum Gasteiger partial charge on any atom is -0.346 e. The lowest BCUT2D eigenvalue weighted by Gasteiger charge is -2.49. The Morgan fingerprint density at radius 2 is 2.19 bits per heavy atom. The van der Waals surface area contributed by atoms with E-state index in [1.807, 2.05) is 28.8 Å². The number of nitrogens with one attached hydrogen (secondary N) is 1. The molecule has 3 aliphatic rings. The monoisotopic (exact) mass is 284 g/mol. The average Bonchev–Trinajstić information content (AvgIpc) is 2.98. The third-order valence-corrected chi connectivity index (χ3v) is 5.13. The van der Waals surface area contributed by atoms with Gasteiger partial charge in [0, 0.05) is 23.8 Å². The molecule has 0 aromatic carbocycles. The number of fused-ring (bicyclic) bond motifs is 4. The van der Waals surface area contributed by atoms with E-state index in [1.54, 1.807) is 6.33 Å². The van der Waals surface area contributed by atoms with Crippen molar-refractivity contribution in [1.82, 2.24) is 19.6 Å². The minimum atomic E-state index is -0.0516. The molecule has 3 aliphatic heterocycles. The molecule has 1 amide bonds. The molecule has 5 heteroatoms. The first-order valence-corrected chi connectivity index (χ1v) is 7.70. The molecule has 3 fully saturated rings. The number of carbonyl (C=O) groups excluding carboxylic acids is 1. The van der Waals surface area contributed by atoms with E-state index in [-0.39, 0.29) is 11.9 Å². The maximum Gasteiger partial charge on any atom is 0.270 e. The van der Waals surface area contributed by atoms with Crippen molar-refractivity contribution in [3.8, 4) is 0 Å². The molecule has 0 radical (unpaired) electrons. The normalized spacial score (nSPS) is 31.5. The number of rotatable bonds is 2. The van der Waals surface area contributed by atoms with Gasteiger partial charge in [0.1, 0.15) is 5.69 Å². The van der Waals surface area contributed by atoms with Crippen LogP contribution in [0.15, 0.2) is 30.7 Å². The van der Waals surface area contributed by atoms with Gasteiger partial charge < -0.3 is 9.72 Å². The Morgan fingerprint density at radius 3 is 2.95 bits per heavy atom. The van der Waals surface area contributed by atoms with Gasteiger partial charge in [-0.2, -0.15) is 0 Å². The summed E-state index contributed by atoms with van der Waals surface area (Å²) in [5, 5.41) is 3.22. The van der Waals surface area contributed by atoms with Crippen molar-refractivity contribution < 1.29 is 4.79 Å². The van der Waals surface area contributed by atoms with Gasteiger partial charge in [0.05, 0.1) is 6.33 Å². The lowest BCUT2D eigenvalue weighted by atomic mass is 9.79. The van der Waals surface area contributed by atoms with Gasteiger partial charge in [-0.25, -0.2) is 4.98 Å². The number of hydrogen-bond donors (Lipinski definition) is 1. The van der Waals surface area contributed by atoms with Crippen molar-refractivity contribution in [2.24, 2.45) is 5.92 Å². The number of nitrogens with zero attached hydrogens (tertiary/aromatic N) is 3. The van der Waals surface area contributed by atoms with E-state index in [9.17, 15) is 4.79 Å². The molecule has 5 heterocycles. The number of piperidine rings is 3. The van der Waals surface area contributed by atoms with Crippen LogP contribution in [-0.2, 0) is 0 Å². The summed E-state index contributed by atoms with van der Waals surface area (Å²) in [5.41, 5.74) is 1.50. The predicted molar refractivity (Wildman–Crippen MR) is 80.2 cm³/mol. The number of amides is 1. The molecular weight excluding hydrogens is 264 g/mol. The smallest absolute Gasteiger partial charge is 0.270 e. The summed E-state index contributed by atoms with van der Waals surface area (Å²) in [4.78, 5) is 19.2. The van der Waals surface area contributed by atoms with Crippen molar-refractivity contribution in [3.63, 3.8) is 0 Å². The highest BCUT2D eigenvalue weighted by atomic mass is 16.2. The fourth-order valence-electron chi connectivity index (χ4n) is 3.83. The highest BCUT2D eigenvalue weighted by Gasteiger charge is 2.40. The molecule has 2 bridgehead atoms. The quantitative estimate of drug-likeness (QED) is 0.910. The van der Waals surface area contributed by atoms with E-state index in [4.69, 9.17) is 0 Å². The first kappa shape index (κ1) is 12.8. The third-order valence-electron chi connectivity index (χ3n) is 5.13.